The van der Waals surface area contributed by atoms with E-state index >= 15 is 0 Å². The highest BCUT2D eigenvalue weighted by Crippen LogP contribution is 2.25. The fraction of sp³-hybridized carbons (Fsp3) is 0.250. The Morgan fingerprint density at radius 2 is 2.12 bits per heavy atom. The summed E-state index contributed by atoms with van der Waals surface area (Å²) in [5, 5.41) is 0.661. The molecule has 0 aliphatic carbocycles. The van der Waals surface area contributed by atoms with Crippen molar-refractivity contribution >= 4 is 29.3 Å². The zero-order valence-corrected chi connectivity index (χ0v) is 15.8. The summed E-state index contributed by atoms with van der Waals surface area (Å²) >= 11 is 6.36. The minimum Gasteiger partial charge on any atom is -0.316 e. The molecule has 0 saturated heterocycles. The van der Waals surface area contributed by atoms with E-state index in [1.165, 1.54) is 0 Å². The molecule has 1 aromatic heterocycles. The van der Waals surface area contributed by atoms with Gasteiger partial charge in [-0.15, -0.1) is 0 Å². The summed E-state index contributed by atoms with van der Waals surface area (Å²) in [6.45, 7) is 11.4. The molecule has 0 N–H and O–H groups in total. The van der Waals surface area contributed by atoms with Crippen molar-refractivity contribution < 1.29 is 4.79 Å². The number of hydrogen-bond donors (Lipinski definition) is 0. The van der Waals surface area contributed by atoms with Crippen LogP contribution in [-0.4, -0.2) is 21.5 Å². The van der Waals surface area contributed by atoms with Crippen molar-refractivity contribution in [2.24, 2.45) is 4.99 Å². The van der Waals surface area contributed by atoms with Crippen LogP contribution in [0.1, 0.15) is 47.0 Å². The van der Waals surface area contributed by atoms with Crippen LogP contribution in [0.4, 0.5) is 0 Å². The number of aryl methyl sites for hydroxylation is 2. The summed E-state index contributed by atoms with van der Waals surface area (Å²) in [6, 6.07) is 5.85. The van der Waals surface area contributed by atoms with Crippen LogP contribution in [0.3, 0.4) is 0 Å². The normalized spacial score (nSPS) is 12.0. The highest BCUT2D eigenvalue weighted by atomic mass is 35.5. The molecular weight excluding hydrogens is 334 g/mol. The van der Waals surface area contributed by atoms with Crippen molar-refractivity contribution in [3.8, 4) is 0 Å². The third-order valence-electron chi connectivity index (χ3n) is 3.83. The molecule has 0 aliphatic heterocycles. The first-order valence-electron chi connectivity index (χ1n) is 8.03. The highest BCUT2D eigenvalue weighted by Gasteiger charge is 2.20. The van der Waals surface area contributed by atoms with Crippen LogP contribution in [0, 0.1) is 13.8 Å². The number of nitrogens with zero attached hydrogens (tertiary/aromatic N) is 3. The summed E-state index contributed by atoms with van der Waals surface area (Å²) in [6.07, 6.45) is 5.07. The fourth-order valence-corrected chi connectivity index (χ4v) is 2.93. The van der Waals surface area contributed by atoms with Crippen molar-refractivity contribution in [3.05, 3.63) is 70.3 Å². The molecule has 0 spiro atoms. The number of benzene rings is 1. The van der Waals surface area contributed by atoms with Crippen LogP contribution in [0.15, 0.2) is 41.9 Å². The predicted octanol–water partition coefficient (Wildman–Crippen LogP) is 5.02. The van der Waals surface area contributed by atoms with Crippen molar-refractivity contribution in [1.82, 2.24) is 9.55 Å². The largest absolute Gasteiger partial charge is 0.316 e. The zero-order chi connectivity index (χ0) is 18.6. The Balaban J connectivity index is 2.65. The topological polar surface area (TPSA) is 47.2 Å². The van der Waals surface area contributed by atoms with Crippen molar-refractivity contribution in [1.29, 1.82) is 0 Å². The second-order valence-electron chi connectivity index (χ2n) is 5.79. The van der Waals surface area contributed by atoms with Gasteiger partial charge in [0, 0.05) is 18.2 Å². The number of Topliss-reactive ketones (excluding diaryl/α,β-unsaturated/α-hetero) is 1. The van der Waals surface area contributed by atoms with Gasteiger partial charge in [0.25, 0.3) is 0 Å². The number of aliphatic imine (C=N–C) groups is 1. The van der Waals surface area contributed by atoms with Crippen molar-refractivity contribution in [2.75, 3.05) is 0 Å². The maximum atomic E-state index is 12.2. The van der Waals surface area contributed by atoms with E-state index in [1.54, 1.807) is 19.2 Å². The molecule has 0 fully saturated rings. The van der Waals surface area contributed by atoms with Gasteiger partial charge in [-0.1, -0.05) is 48.0 Å². The maximum Gasteiger partial charge on any atom is 0.178 e. The smallest absolute Gasteiger partial charge is 0.178 e. The maximum absolute atomic E-state index is 12.2. The number of hydrogen-bond acceptors (Lipinski definition) is 3. The van der Waals surface area contributed by atoms with E-state index < -0.39 is 0 Å². The molecule has 1 heterocycles. The number of rotatable bonds is 6. The zero-order valence-electron chi connectivity index (χ0n) is 15.0. The van der Waals surface area contributed by atoms with Crippen molar-refractivity contribution in [2.45, 2.75) is 34.2 Å². The minimum atomic E-state index is -0.0387. The number of aromatic nitrogens is 2. The number of ketones is 1. The van der Waals surface area contributed by atoms with Gasteiger partial charge in [-0.05, 0) is 32.4 Å². The Labute approximate surface area is 153 Å². The average Bonchev–Trinajstić information content (AvgIpc) is 2.88. The van der Waals surface area contributed by atoms with Crippen LogP contribution >= 0.6 is 11.6 Å². The van der Waals surface area contributed by atoms with Crippen LogP contribution < -0.4 is 0 Å². The Bertz CT molecular complexity index is 875. The Kier molecular flexibility index (Phi) is 6.10. The van der Waals surface area contributed by atoms with Gasteiger partial charge in [0.05, 0.1) is 12.2 Å². The van der Waals surface area contributed by atoms with Gasteiger partial charge in [0.2, 0.25) is 0 Å². The lowest BCUT2D eigenvalue weighted by atomic mass is 10.1. The number of carbonyl (C=O) groups excluding carboxylic acids is 1. The number of carbonyl (C=O) groups is 1. The standard InChI is InChI=1S/C20H22ClN3O/c1-6-10-22-18(7-2)20-23-14(4)19(15(5)25)24(20)12-16-11-13(3)8-9-17(16)21/h6-11H,1,12H2,2-5H3/b18-7-,22-10?. The molecule has 25 heavy (non-hydrogen) atoms. The summed E-state index contributed by atoms with van der Waals surface area (Å²) in [7, 11) is 0. The lowest BCUT2D eigenvalue weighted by Gasteiger charge is -2.13. The van der Waals surface area contributed by atoms with Gasteiger partial charge in [-0.25, -0.2) is 4.98 Å². The third-order valence-corrected chi connectivity index (χ3v) is 4.20. The number of halogens is 1. The molecule has 0 amide bonds. The van der Waals surface area contributed by atoms with Gasteiger partial charge in [0.1, 0.15) is 11.4 Å². The van der Waals surface area contributed by atoms with Crippen LogP contribution in [0.2, 0.25) is 5.02 Å². The lowest BCUT2D eigenvalue weighted by Crippen LogP contribution is -2.12. The van der Waals surface area contributed by atoms with Gasteiger partial charge in [0.15, 0.2) is 11.6 Å². The number of allylic oxidation sites excluding steroid dienone is 2. The SMILES string of the molecule is C=CC=N/C(=C\C)c1nc(C)c(C(C)=O)n1Cc1cc(C)ccc1Cl. The Morgan fingerprint density at radius 3 is 2.72 bits per heavy atom. The first-order chi connectivity index (χ1) is 11.9. The van der Waals surface area contributed by atoms with Gasteiger partial charge < -0.3 is 4.57 Å². The van der Waals surface area contributed by atoms with Gasteiger partial charge in [-0.3, -0.25) is 9.79 Å². The molecule has 2 rings (SSSR count). The summed E-state index contributed by atoms with van der Waals surface area (Å²) in [5.74, 6) is 0.601. The first-order valence-corrected chi connectivity index (χ1v) is 8.41. The molecule has 0 unspecified atom stereocenters. The molecule has 5 heteroatoms. The first kappa shape index (κ1) is 18.9. The van der Waals surface area contributed by atoms with E-state index in [9.17, 15) is 4.79 Å². The Morgan fingerprint density at radius 1 is 1.40 bits per heavy atom. The average molecular weight is 356 g/mol. The molecule has 1 aromatic carbocycles. The molecular formula is C20H22ClN3O. The fourth-order valence-electron chi connectivity index (χ4n) is 2.76. The van der Waals surface area contributed by atoms with E-state index in [2.05, 4.69) is 16.6 Å². The molecule has 130 valence electrons. The molecule has 4 nitrogen and oxygen atoms in total. The van der Waals surface area contributed by atoms with E-state index in [4.69, 9.17) is 11.6 Å². The molecule has 0 radical (unpaired) electrons. The van der Waals surface area contributed by atoms with Crippen LogP contribution in [0.5, 0.6) is 0 Å². The van der Waals surface area contributed by atoms with Crippen LogP contribution in [0.25, 0.3) is 5.70 Å². The molecule has 0 bridgehead atoms. The molecule has 0 atom stereocenters. The quantitative estimate of drug-likeness (QED) is 0.539. The lowest BCUT2D eigenvalue weighted by molar-refractivity contribution is 0.100. The van der Waals surface area contributed by atoms with E-state index in [0.29, 0.717) is 34.5 Å². The third kappa shape index (κ3) is 4.15. The van der Waals surface area contributed by atoms with Crippen LogP contribution in [-0.2, 0) is 6.54 Å². The molecule has 2 aromatic rings. The monoisotopic (exact) mass is 355 g/mol. The second-order valence-corrected chi connectivity index (χ2v) is 6.20. The Hall–Kier alpha value is -2.46. The predicted molar refractivity (Wildman–Crippen MR) is 105 cm³/mol. The van der Waals surface area contributed by atoms with Gasteiger partial charge >= 0.3 is 0 Å². The highest BCUT2D eigenvalue weighted by molar-refractivity contribution is 6.31. The molecule has 0 aliphatic rings. The van der Waals surface area contributed by atoms with Gasteiger partial charge in [-0.2, -0.15) is 0 Å². The summed E-state index contributed by atoms with van der Waals surface area (Å²) < 4.78 is 1.88. The van der Waals surface area contributed by atoms with E-state index in [0.717, 1.165) is 11.1 Å². The summed E-state index contributed by atoms with van der Waals surface area (Å²) in [4.78, 5) is 21.2. The second kappa shape index (κ2) is 8.08. The number of imidazole rings is 1. The molecule has 0 saturated carbocycles. The minimum absolute atomic E-state index is 0.0387. The van der Waals surface area contributed by atoms with Crippen molar-refractivity contribution in [3.63, 3.8) is 0 Å². The van der Waals surface area contributed by atoms with E-state index in [-0.39, 0.29) is 5.78 Å². The van der Waals surface area contributed by atoms with E-state index in [1.807, 2.05) is 49.6 Å². The summed E-state index contributed by atoms with van der Waals surface area (Å²) in [5.41, 5.74) is 3.98.